The number of hydrogen-bond acceptors (Lipinski definition) is 3. The van der Waals surface area contributed by atoms with Crippen molar-refractivity contribution in [2.24, 2.45) is 11.8 Å². The van der Waals surface area contributed by atoms with E-state index in [1.807, 2.05) is 0 Å². The van der Waals surface area contributed by atoms with E-state index in [2.05, 4.69) is 13.8 Å². The van der Waals surface area contributed by atoms with Crippen LogP contribution < -0.4 is 0 Å². The summed E-state index contributed by atoms with van der Waals surface area (Å²) in [4.78, 5) is 11.6. The van der Waals surface area contributed by atoms with E-state index in [9.17, 15) is 4.79 Å². The minimum absolute atomic E-state index is 0.0165. The molecule has 0 aromatic rings. The van der Waals surface area contributed by atoms with Crippen LogP contribution in [-0.4, -0.2) is 24.8 Å². The fourth-order valence-electron chi connectivity index (χ4n) is 2.88. The maximum Gasteiger partial charge on any atom is 0.305 e. The molecule has 3 heteroatoms. The molecule has 1 heterocycles. The third-order valence-corrected chi connectivity index (χ3v) is 4.32. The lowest BCUT2D eigenvalue weighted by Crippen LogP contribution is -2.27. The summed E-state index contributed by atoms with van der Waals surface area (Å²) < 4.78 is 10.9. The zero-order valence-electron chi connectivity index (χ0n) is 11.7. The Labute approximate surface area is 110 Å². The molecule has 18 heavy (non-hydrogen) atoms. The summed E-state index contributed by atoms with van der Waals surface area (Å²) in [7, 11) is 0. The van der Waals surface area contributed by atoms with Gasteiger partial charge >= 0.3 is 5.97 Å². The molecule has 0 amide bonds. The number of fused-ring (bicyclic) bond motifs is 1. The summed E-state index contributed by atoms with van der Waals surface area (Å²) in [5.41, 5.74) is 0. The van der Waals surface area contributed by atoms with Crippen LogP contribution >= 0.6 is 0 Å². The van der Waals surface area contributed by atoms with Crippen LogP contribution in [0.3, 0.4) is 0 Å². The Kier molecular flexibility index (Phi) is 5.04. The molecule has 3 nitrogen and oxygen atoms in total. The van der Waals surface area contributed by atoms with Crippen LogP contribution in [0.1, 0.15) is 58.8 Å². The van der Waals surface area contributed by atoms with E-state index in [1.165, 1.54) is 12.8 Å². The molecular weight excluding hydrogens is 228 g/mol. The molecule has 1 saturated carbocycles. The SMILES string of the molecule is CCCCCCC(=O)OCC1CC2OC2CC1C. The van der Waals surface area contributed by atoms with Crippen LogP contribution in [0.25, 0.3) is 0 Å². The quantitative estimate of drug-likeness (QED) is 0.397. The summed E-state index contributed by atoms with van der Waals surface area (Å²) in [6.07, 6.45) is 8.33. The molecule has 4 unspecified atom stereocenters. The molecule has 0 N–H and O–H groups in total. The number of carbonyl (C=O) groups is 1. The van der Waals surface area contributed by atoms with Gasteiger partial charge in [-0.15, -0.1) is 0 Å². The summed E-state index contributed by atoms with van der Waals surface area (Å²) in [5.74, 6) is 1.12. The van der Waals surface area contributed by atoms with Gasteiger partial charge in [0, 0.05) is 6.42 Å². The summed E-state index contributed by atoms with van der Waals surface area (Å²) in [5, 5.41) is 0. The lowest BCUT2D eigenvalue weighted by molar-refractivity contribution is -0.145. The molecular formula is C15H26O3. The van der Waals surface area contributed by atoms with Gasteiger partial charge in [0.25, 0.3) is 0 Å². The summed E-state index contributed by atoms with van der Waals surface area (Å²) in [6.45, 7) is 5.02. The first-order valence-corrected chi connectivity index (χ1v) is 7.51. The highest BCUT2D eigenvalue weighted by Crippen LogP contribution is 2.42. The van der Waals surface area contributed by atoms with Crippen LogP contribution in [-0.2, 0) is 14.3 Å². The van der Waals surface area contributed by atoms with Crippen LogP contribution in [0.5, 0.6) is 0 Å². The second-order valence-electron chi connectivity index (χ2n) is 5.92. The van der Waals surface area contributed by atoms with Gasteiger partial charge in [-0.3, -0.25) is 4.79 Å². The third-order valence-electron chi connectivity index (χ3n) is 4.32. The molecule has 2 rings (SSSR count). The molecule has 0 aromatic heterocycles. The second-order valence-corrected chi connectivity index (χ2v) is 5.92. The lowest BCUT2D eigenvalue weighted by Gasteiger charge is -2.25. The Morgan fingerprint density at radius 3 is 2.78 bits per heavy atom. The fourth-order valence-corrected chi connectivity index (χ4v) is 2.88. The molecule has 1 aliphatic heterocycles. The predicted octanol–water partition coefficient (Wildman–Crippen LogP) is 3.31. The first kappa shape index (κ1) is 13.9. The number of esters is 1. The number of rotatable bonds is 7. The highest BCUT2D eigenvalue weighted by atomic mass is 16.6. The van der Waals surface area contributed by atoms with Gasteiger partial charge in [0.2, 0.25) is 0 Å². The number of epoxide rings is 1. The van der Waals surface area contributed by atoms with E-state index in [1.54, 1.807) is 0 Å². The van der Waals surface area contributed by atoms with Crippen molar-refractivity contribution in [2.75, 3.05) is 6.61 Å². The molecule has 1 aliphatic carbocycles. The Morgan fingerprint density at radius 1 is 1.22 bits per heavy atom. The number of hydrogen-bond donors (Lipinski definition) is 0. The van der Waals surface area contributed by atoms with Gasteiger partial charge in [-0.1, -0.05) is 33.1 Å². The van der Waals surface area contributed by atoms with Gasteiger partial charge in [-0.25, -0.2) is 0 Å². The van der Waals surface area contributed by atoms with Crippen molar-refractivity contribution in [1.29, 1.82) is 0 Å². The predicted molar refractivity (Wildman–Crippen MR) is 70.3 cm³/mol. The zero-order valence-corrected chi connectivity index (χ0v) is 11.7. The fraction of sp³-hybridized carbons (Fsp3) is 0.933. The Balaban J connectivity index is 1.57. The van der Waals surface area contributed by atoms with Crippen molar-refractivity contribution in [3.05, 3.63) is 0 Å². The zero-order chi connectivity index (χ0) is 13.0. The standard InChI is InChI=1S/C15H26O3/c1-3-4-5-6-7-15(16)17-10-12-9-14-13(18-14)8-11(12)2/h11-14H,3-10H2,1-2H3. The first-order valence-electron chi connectivity index (χ1n) is 7.51. The van der Waals surface area contributed by atoms with E-state index >= 15 is 0 Å². The summed E-state index contributed by atoms with van der Waals surface area (Å²) in [6, 6.07) is 0. The maximum absolute atomic E-state index is 11.6. The molecule has 0 bridgehead atoms. The van der Waals surface area contributed by atoms with E-state index in [0.29, 0.717) is 37.1 Å². The molecule has 2 fully saturated rings. The number of unbranched alkanes of at least 4 members (excludes halogenated alkanes) is 3. The maximum atomic E-state index is 11.6. The van der Waals surface area contributed by atoms with E-state index in [-0.39, 0.29) is 5.97 Å². The molecule has 0 radical (unpaired) electrons. The Hall–Kier alpha value is -0.570. The van der Waals surface area contributed by atoms with Crippen LogP contribution in [0.2, 0.25) is 0 Å². The molecule has 0 spiro atoms. The van der Waals surface area contributed by atoms with Gasteiger partial charge in [-0.2, -0.15) is 0 Å². The topological polar surface area (TPSA) is 38.8 Å². The van der Waals surface area contributed by atoms with Crippen LogP contribution in [0, 0.1) is 11.8 Å². The van der Waals surface area contributed by atoms with E-state index < -0.39 is 0 Å². The normalized spacial score (nSPS) is 33.9. The van der Waals surface area contributed by atoms with Crippen molar-refractivity contribution < 1.29 is 14.3 Å². The van der Waals surface area contributed by atoms with Crippen LogP contribution in [0.4, 0.5) is 0 Å². The lowest BCUT2D eigenvalue weighted by atomic mass is 9.81. The van der Waals surface area contributed by atoms with Gasteiger partial charge in [0.1, 0.15) is 0 Å². The highest BCUT2D eigenvalue weighted by Gasteiger charge is 2.47. The number of ether oxygens (including phenoxy) is 2. The van der Waals surface area contributed by atoms with Crippen molar-refractivity contribution in [2.45, 2.75) is 71.0 Å². The van der Waals surface area contributed by atoms with Gasteiger partial charge in [-0.05, 0) is 31.1 Å². The second kappa shape index (κ2) is 6.55. The van der Waals surface area contributed by atoms with E-state index in [4.69, 9.17) is 9.47 Å². The van der Waals surface area contributed by atoms with Gasteiger partial charge in [0.05, 0.1) is 18.8 Å². The van der Waals surface area contributed by atoms with Crippen molar-refractivity contribution in [3.63, 3.8) is 0 Å². The van der Waals surface area contributed by atoms with Gasteiger partial charge < -0.3 is 9.47 Å². The smallest absolute Gasteiger partial charge is 0.305 e. The minimum atomic E-state index is -0.0165. The van der Waals surface area contributed by atoms with Crippen molar-refractivity contribution in [3.8, 4) is 0 Å². The Morgan fingerprint density at radius 2 is 2.00 bits per heavy atom. The largest absolute Gasteiger partial charge is 0.465 e. The van der Waals surface area contributed by atoms with Crippen molar-refractivity contribution in [1.82, 2.24) is 0 Å². The van der Waals surface area contributed by atoms with Gasteiger partial charge in [0.15, 0.2) is 0 Å². The number of carbonyl (C=O) groups excluding carboxylic acids is 1. The minimum Gasteiger partial charge on any atom is -0.465 e. The molecule has 104 valence electrons. The molecule has 1 saturated heterocycles. The van der Waals surface area contributed by atoms with Crippen LogP contribution in [0.15, 0.2) is 0 Å². The highest BCUT2D eigenvalue weighted by molar-refractivity contribution is 5.69. The molecule has 0 aromatic carbocycles. The molecule has 4 atom stereocenters. The molecule has 2 aliphatic rings. The summed E-state index contributed by atoms with van der Waals surface area (Å²) >= 11 is 0. The first-order chi connectivity index (χ1) is 8.70. The average Bonchev–Trinajstić information content (AvgIpc) is 3.09. The third kappa shape index (κ3) is 3.98. The average molecular weight is 254 g/mol. The van der Waals surface area contributed by atoms with Crippen molar-refractivity contribution >= 4 is 5.97 Å². The Bertz CT molecular complexity index is 277. The monoisotopic (exact) mass is 254 g/mol. The van der Waals surface area contributed by atoms with E-state index in [0.717, 1.165) is 25.7 Å².